The van der Waals surface area contributed by atoms with Crippen molar-refractivity contribution >= 4 is 21.6 Å². The number of hydrogen-bond acceptors (Lipinski definition) is 4. The number of rotatable bonds is 2. The van der Waals surface area contributed by atoms with Crippen LogP contribution in [0.4, 0.5) is 0 Å². The van der Waals surface area contributed by atoms with E-state index in [0.717, 1.165) is 6.42 Å². The Morgan fingerprint density at radius 3 is 2.89 bits per heavy atom. The molecule has 1 aromatic heterocycles. The van der Waals surface area contributed by atoms with E-state index in [1.165, 1.54) is 22.2 Å². The third kappa shape index (κ3) is 2.23. The number of hydrogen-bond donors (Lipinski definition) is 0. The van der Waals surface area contributed by atoms with Crippen LogP contribution in [0.25, 0.3) is 0 Å². The molecule has 1 aromatic rings. The second-order valence-corrected chi connectivity index (χ2v) is 6.51. The molecule has 0 N–H and O–H groups in total. The Hall–Kier alpha value is -1.10. The van der Waals surface area contributed by atoms with Gasteiger partial charge in [-0.2, -0.15) is 14.7 Å². The van der Waals surface area contributed by atoms with Gasteiger partial charge in [-0.1, -0.05) is 11.6 Å². The normalized spacial score (nSPS) is 21.7. The molecule has 98 valence electrons. The van der Waals surface area contributed by atoms with E-state index in [1.54, 1.807) is 0 Å². The maximum Gasteiger partial charge on any atom is 0.261 e. The molecular weight excluding hydrogens is 276 g/mol. The average Bonchev–Trinajstić information content (AvgIpc) is 2.69. The molecule has 1 aliphatic heterocycles. The summed E-state index contributed by atoms with van der Waals surface area (Å²) < 4.78 is 27.4. The van der Waals surface area contributed by atoms with E-state index >= 15 is 0 Å². The van der Waals surface area contributed by atoms with E-state index in [1.807, 2.05) is 0 Å². The molecule has 1 fully saturated rings. The lowest BCUT2D eigenvalue weighted by Crippen LogP contribution is -2.40. The van der Waals surface area contributed by atoms with Gasteiger partial charge in [0.1, 0.15) is 0 Å². The minimum Gasteiger partial charge on any atom is -0.255 e. The van der Waals surface area contributed by atoms with Gasteiger partial charge in [0.2, 0.25) is 0 Å². The summed E-state index contributed by atoms with van der Waals surface area (Å²) in [5.74, 6) is -0.250. The standard InChI is InChI=1S/C10H13ClN4O2S/c1-14-10(9(11)6-13-14)18(16,17)15-4-2-3-8(5-12)7-15/h6,8H,2-4,7H2,1H3. The summed E-state index contributed by atoms with van der Waals surface area (Å²) in [5.41, 5.74) is 0. The van der Waals surface area contributed by atoms with Gasteiger partial charge in [-0.15, -0.1) is 0 Å². The molecule has 1 unspecified atom stereocenters. The fraction of sp³-hybridized carbons (Fsp3) is 0.600. The summed E-state index contributed by atoms with van der Waals surface area (Å²) in [6.07, 6.45) is 2.73. The molecule has 0 aliphatic carbocycles. The molecule has 8 heteroatoms. The van der Waals surface area contributed by atoms with E-state index in [0.29, 0.717) is 13.0 Å². The highest BCUT2D eigenvalue weighted by atomic mass is 35.5. The quantitative estimate of drug-likeness (QED) is 0.813. The van der Waals surface area contributed by atoms with Gasteiger partial charge in [-0.05, 0) is 12.8 Å². The van der Waals surface area contributed by atoms with Crippen molar-refractivity contribution in [3.05, 3.63) is 11.2 Å². The number of nitrogens with zero attached hydrogens (tertiary/aromatic N) is 4. The second-order valence-electron chi connectivity index (χ2n) is 4.25. The lowest BCUT2D eigenvalue weighted by atomic mass is 10.0. The van der Waals surface area contributed by atoms with Crippen molar-refractivity contribution in [2.45, 2.75) is 17.9 Å². The van der Waals surface area contributed by atoms with Crippen molar-refractivity contribution in [1.29, 1.82) is 5.26 Å². The number of piperidine rings is 1. The number of aromatic nitrogens is 2. The summed E-state index contributed by atoms with van der Waals surface area (Å²) in [4.78, 5) is 0. The van der Waals surface area contributed by atoms with Gasteiger partial charge in [0.25, 0.3) is 10.0 Å². The van der Waals surface area contributed by atoms with Crippen molar-refractivity contribution in [2.24, 2.45) is 13.0 Å². The maximum absolute atomic E-state index is 12.4. The van der Waals surface area contributed by atoms with E-state index in [-0.39, 0.29) is 22.5 Å². The van der Waals surface area contributed by atoms with E-state index in [9.17, 15) is 8.42 Å². The summed E-state index contributed by atoms with van der Waals surface area (Å²) in [7, 11) is -2.14. The van der Waals surface area contributed by atoms with Gasteiger partial charge in [0, 0.05) is 20.1 Å². The van der Waals surface area contributed by atoms with Crippen LogP contribution >= 0.6 is 11.6 Å². The van der Waals surface area contributed by atoms with E-state index in [4.69, 9.17) is 16.9 Å². The first-order valence-electron chi connectivity index (χ1n) is 5.54. The SMILES string of the molecule is Cn1ncc(Cl)c1S(=O)(=O)N1CCCC(C#N)C1. The van der Waals surface area contributed by atoms with Gasteiger partial charge in [0.05, 0.1) is 23.2 Å². The van der Waals surface area contributed by atoms with Crippen molar-refractivity contribution in [3.8, 4) is 6.07 Å². The molecule has 0 aromatic carbocycles. The van der Waals surface area contributed by atoms with Gasteiger partial charge in [-0.25, -0.2) is 8.42 Å². The monoisotopic (exact) mass is 288 g/mol. The molecule has 0 radical (unpaired) electrons. The Morgan fingerprint density at radius 1 is 1.61 bits per heavy atom. The molecule has 0 amide bonds. The van der Waals surface area contributed by atoms with Gasteiger partial charge >= 0.3 is 0 Å². The number of aryl methyl sites for hydroxylation is 1. The van der Waals surface area contributed by atoms with E-state index < -0.39 is 10.0 Å². The van der Waals surface area contributed by atoms with E-state index in [2.05, 4.69) is 11.2 Å². The van der Waals surface area contributed by atoms with Crippen LogP contribution in [0.5, 0.6) is 0 Å². The highest BCUT2D eigenvalue weighted by Gasteiger charge is 2.33. The molecule has 0 saturated carbocycles. The van der Waals surface area contributed by atoms with Crippen molar-refractivity contribution in [2.75, 3.05) is 13.1 Å². The largest absolute Gasteiger partial charge is 0.261 e. The zero-order valence-electron chi connectivity index (χ0n) is 9.87. The first-order valence-corrected chi connectivity index (χ1v) is 7.36. The molecule has 6 nitrogen and oxygen atoms in total. The number of halogens is 1. The van der Waals surface area contributed by atoms with Crippen LogP contribution < -0.4 is 0 Å². The molecule has 1 saturated heterocycles. The Labute approximate surface area is 111 Å². The third-order valence-electron chi connectivity index (χ3n) is 2.99. The van der Waals surface area contributed by atoms with Crippen molar-refractivity contribution in [3.63, 3.8) is 0 Å². The minimum absolute atomic E-state index is 0.0113. The molecule has 0 bridgehead atoms. The molecule has 0 spiro atoms. The summed E-state index contributed by atoms with van der Waals surface area (Å²) >= 11 is 5.86. The Bertz CT molecular complexity index is 570. The molecule has 18 heavy (non-hydrogen) atoms. The molecule has 1 aliphatic rings. The highest BCUT2D eigenvalue weighted by molar-refractivity contribution is 7.89. The lowest BCUT2D eigenvalue weighted by molar-refractivity contribution is 0.303. The third-order valence-corrected chi connectivity index (χ3v) is 5.37. The maximum atomic E-state index is 12.4. The lowest BCUT2D eigenvalue weighted by Gasteiger charge is -2.28. The fourth-order valence-corrected chi connectivity index (χ4v) is 4.21. The molecule has 2 heterocycles. The predicted octanol–water partition coefficient (Wildman–Crippen LogP) is 0.998. The Kier molecular flexibility index (Phi) is 3.61. The number of sulfonamides is 1. The zero-order valence-corrected chi connectivity index (χ0v) is 11.4. The van der Waals surface area contributed by atoms with Crippen LogP contribution in [0.15, 0.2) is 11.2 Å². The minimum atomic E-state index is -3.67. The predicted molar refractivity (Wildman–Crippen MR) is 65.3 cm³/mol. The smallest absolute Gasteiger partial charge is 0.255 e. The first-order chi connectivity index (χ1) is 8.46. The van der Waals surface area contributed by atoms with Gasteiger partial charge < -0.3 is 0 Å². The van der Waals surface area contributed by atoms with Crippen LogP contribution in [0.3, 0.4) is 0 Å². The van der Waals surface area contributed by atoms with Crippen LogP contribution in [0.2, 0.25) is 5.02 Å². The average molecular weight is 289 g/mol. The van der Waals surface area contributed by atoms with Gasteiger partial charge in [0.15, 0.2) is 5.03 Å². The van der Waals surface area contributed by atoms with Crippen LogP contribution in [-0.4, -0.2) is 35.6 Å². The summed E-state index contributed by atoms with van der Waals surface area (Å²) in [6, 6.07) is 2.12. The van der Waals surface area contributed by atoms with Crippen LogP contribution in [-0.2, 0) is 17.1 Å². The Balaban J connectivity index is 2.35. The van der Waals surface area contributed by atoms with Crippen molar-refractivity contribution in [1.82, 2.24) is 14.1 Å². The zero-order chi connectivity index (χ0) is 13.3. The Morgan fingerprint density at radius 2 is 2.33 bits per heavy atom. The molecular formula is C10H13ClN4O2S. The molecule has 2 rings (SSSR count). The molecule has 1 atom stereocenters. The first kappa shape index (κ1) is 13.3. The van der Waals surface area contributed by atoms with Crippen LogP contribution in [0, 0.1) is 17.2 Å². The van der Waals surface area contributed by atoms with Crippen LogP contribution in [0.1, 0.15) is 12.8 Å². The highest BCUT2D eigenvalue weighted by Crippen LogP contribution is 2.27. The van der Waals surface area contributed by atoms with Crippen molar-refractivity contribution < 1.29 is 8.42 Å². The summed E-state index contributed by atoms with van der Waals surface area (Å²) in [5, 5.41) is 12.8. The van der Waals surface area contributed by atoms with Gasteiger partial charge in [-0.3, -0.25) is 4.68 Å². The number of nitriles is 1. The second kappa shape index (κ2) is 4.88. The topological polar surface area (TPSA) is 79.0 Å². The fourth-order valence-electron chi connectivity index (χ4n) is 2.08. The summed E-state index contributed by atoms with van der Waals surface area (Å²) in [6.45, 7) is 0.641.